The van der Waals surface area contributed by atoms with Crippen LogP contribution in [0.3, 0.4) is 0 Å². The minimum atomic E-state index is -3.62. The fraction of sp³-hybridized carbons (Fsp3) is 0.409. The fourth-order valence-corrected chi connectivity index (χ4v) is 5.55. The zero-order valence-corrected chi connectivity index (χ0v) is 18.4. The van der Waals surface area contributed by atoms with Crippen LogP contribution >= 0.6 is 0 Å². The van der Waals surface area contributed by atoms with Gasteiger partial charge < -0.3 is 13.9 Å². The van der Waals surface area contributed by atoms with E-state index >= 15 is 0 Å². The number of nitrogens with zero attached hydrogens (tertiary/aromatic N) is 3. The second-order valence-electron chi connectivity index (χ2n) is 7.89. The third-order valence-corrected chi connectivity index (χ3v) is 7.80. The van der Waals surface area contributed by atoms with Gasteiger partial charge in [-0.25, -0.2) is 13.2 Å². The molecule has 0 radical (unpaired) electrons. The molecule has 0 spiro atoms. The van der Waals surface area contributed by atoms with E-state index in [1.807, 2.05) is 18.2 Å². The van der Waals surface area contributed by atoms with Gasteiger partial charge in [-0.15, -0.1) is 0 Å². The Bertz CT molecular complexity index is 1270. The molecular weight excluding hydrogens is 434 g/mol. The first-order chi connectivity index (χ1) is 15.5. The van der Waals surface area contributed by atoms with Crippen molar-refractivity contribution in [3.63, 3.8) is 0 Å². The smallest absolute Gasteiger partial charge is 0.419 e. The summed E-state index contributed by atoms with van der Waals surface area (Å²) < 4.78 is 46.0. The number of para-hydroxylation sites is 2. The number of benzene rings is 2. The van der Waals surface area contributed by atoms with Gasteiger partial charge in [0.05, 0.1) is 23.6 Å². The van der Waals surface area contributed by atoms with Gasteiger partial charge >= 0.3 is 5.76 Å². The topological polar surface area (TPSA) is 94.2 Å². The van der Waals surface area contributed by atoms with E-state index in [9.17, 15) is 13.2 Å². The zero-order chi connectivity index (χ0) is 22.1. The van der Waals surface area contributed by atoms with Gasteiger partial charge in [-0.1, -0.05) is 12.1 Å². The number of oxazole rings is 1. The quantitative estimate of drug-likeness (QED) is 0.574. The first-order valence-corrected chi connectivity index (χ1v) is 12.2. The highest BCUT2D eigenvalue weighted by Crippen LogP contribution is 2.33. The van der Waals surface area contributed by atoms with E-state index in [1.165, 1.54) is 4.31 Å². The van der Waals surface area contributed by atoms with Gasteiger partial charge in [0.2, 0.25) is 10.0 Å². The van der Waals surface area contributed by atoms with Crippen molar-refractivity contribution in [1.29, 1.82) is 0 Å². The van der Waals surface area contributed by atoms with E-state index in [4.69, 9.17) is 13.9 Å². The average molecular weight is 460 g/mol. The molecule has 5 rings (SSSR count). The van der Waals surface area contributed by atoms with Crippen LogP contribution in [0.25, 0.3) is 11.1 Å². The average Bonchev–Trinajstić information content (AvgIpc) is 2.96. The maximum atomic E-state index is 13.2. The second kappa shape index (κ2) is 8.61. The van der Waals surface area contributed by atoms with Gasteiger partial charge in [0.15, 0.2) is 17.1 Å². The van der Waals surface area contributed by atoms with Crippen LogP contribution in [0.15, 0.2) is 56.6 Å². The Hall–Kier alpha value is -2.82. The van der Waals surface area contributed by atoms with Gasteiger partial charge in [-0.2, -0.15) is 4.31 Å². The molecule has 2 aliphatic rings. The van der Waals surface area contributed by atoms with E-state index < -0.39 is 10.0 Å². The molecular formula is C22H25N3O6S. The van der Waals surface area contributed by atoms with Crippen molar-refractivity contribution in [2.75, 3.05) is 45.9 Å². The zero-order valence-electron chi connectivity index (χ0n) is 17.6. The molecule has 1 fully saturated rings. The molecule has 2 aliphatic heterocycles. The summed E-state index contributed by atoms with van der Waals surface area (Å²) in [6, 6.07) is 12.1. The van der Waals surface area contributed by atoms with Crippen LogP contribution in [0.5, 0.6) is 11.5 Å². The molecule has 32 heavy (non-hydrogen) atoms. The molecule has 1 saturated heterocycles. The molecule has 0 unspecified atom stereocenters. The minimum absolute atomic E-state index is 0.214. The summed E-state index contributed by atoms with van der Waals surface area (Å²) in [6.07, 6.45) is 0.763. The molecule has 0 aliphatic carbocycles. The normalized spacial score (nSPS) is 18.0. The molecule has 10 heteroatoms. The van der Waals surface area contributed by atoms with Gasteiger partial charge in [0, 0.05) is 51.8 Å². The lowest BCUT2D eigenvalue weighted by molar-refractivity contribution is 0.182. The Balaban J connectivity index is 1.23. The highest BCUT2D eigenvalue weighted by atomic mass is 32.2. The summed E-state index contributed by atoms with van der Waals surface area (Å²) >= 11 is 0. The van der Waals surface area contributed by atoms with Gasteiger partial charge in [0.25, 0.3) is 0 Å². The lowest BCUT2D eigenvalue weighted by Gasteiger charge is -2.34. The number of rotatable bonds is 5. The van der Waals surface area contributed by atoms with Crippen LogP contribution in [-0.4, -0.2) is 68.1 Å². The fourth-order valence-electron chi connectivity index (χ4n) is 4.11. The van der Waals surface area contributed by atoms with Crippen molar-refractivity contribution < 1.29 is 22.3 Å². The SMILES string of the molecule is O=c1oc2ccccc2n1CCN1CCN(S(=O)(=O)c2ccc3c(c2)OCCCO3)CC1. The minimum Gasteiger partial charge on any atom is -0.490 e. The number of sulfonamides is 1. The van der Waals surface area contributed by atoms with E-state index in [2.05, 4.69) is 4.90 Å². The number of aromatic nitrogens is 1. The number of hydrogen-bond donors (Lipinski definition) is 0. The van der Waals surface area contributed by atoms with Crippen molar-refractivity contribution in [3.8, 4) is 11.5 Å². The second-order valence-corrected chi connectivity index (χ2v) is 9.83. The van der Waals surface area contributed by atoms with Crippen LogP contribution in [0.1, 0.15) is 6.42 Å². The summed E-state index contributed by atoms with van der Waals surface area (Å²) in [7, 11) is -3.62. The summed E-state index contributed by atoms with van der Waals surface area (Å²) in [6.45, 7) is 4.15. The number of piperazine rings is 1. The maximum absolute atomic E-state index is 13.2. The van der Waals surface area contributed by atoms with Gasteiger partial charge in [-0.05, 0) is 24.3 Å². The lowest BCUT2D eigenvalue weighted by Crippen LogP contribution is -2.49. The van der Waals surface area contributed by atoms with Crippen molar-refractivity contribution in [2.45, 2.75) is 17.9 Å². The molecule has 3 aromatic rings. The van der Waals surface area contributed by atoms with Crippen molar-refractivity contribution in [2.24, 2.45) is 0 Å². The maximum Gasteiger partial charge on any atom is 0.419 e. The first kappa shape index (κ1) is 21.0. The molecule has 3 heterocycles. The van der Waals surface area contributed by atoms with Gasteiger partial charge in [0.1, 0.15) is 0 Å². The van der Waals surface area contributed by atoms with Gasteiger partial charge in [-0.3, -0.25) is 9.47 Å². The molecule has 0 bridgehead atoms. The van der Waals surface area contributed by atoms with E-state index in [-0.39, 0.29) is 10.7 Å². The highest BCUT2D eigenvalue weighted by molar-refractivity contribution is 7.89. The summed E-state index contributed by atoms with van der Waals surface area (Å²) in [5.41, 5.74) is 1.34. The monoisotopic (exact) mass is 459 g/mol. The summed E-state index contributed by atoms with van der Waals surface area (Å²) in [5.74, 6) is 0.676. The van der Waals surface area contributed by atoms with Crippen LogP contribution in [-0.2, 0) is 16.6 Å². The lowest BCUT2D eigenvalue weighted by atomic mass is 10.3. The molecule has 0 N–H and O–H groups in total. The number of ether oxygens (including phenoxy) is 2. The Kier molecular flexibility index (Phi) is 5.66. The Morgan fingerprint density at radius 3 is 2.44 bits per heavy atom. The predicted octanol–water partition coefficient (Wildman–Crippen LogP) is 1.76. The molecule has 0 atom stereocenters. The van der Waals surface area contributed by atoms with Crippen LogP contribution in [0.2, 0.25) is 0 Å². The molecule has 9 nitrogen and oxygen atoms in total. The molecule has 0 saturated carbocycles. The third-order valence-electron chi connectivity index (χ3n) is 5.90. The number of hydrogen-bond acceptors (Lipinski definition) is 7. The highest BCUT2D eigenvalue weighted by Gasteiger charge is 2.29. The first-order valence-electron chi connectivity index (χ1n) is 10.7. The summed E-state index contributed by atoms with van der Waals surface area (Å²) in [4.78, 5) is 14.5. The van der Waals surface area contributed by atoms with Crippen LogP contribution < -0.4 is 15.2 Å². The molecule has 0 amide bonds. The summed E-state index contributed by atoms with van der Waals surface area (Å²) in [5, 5.41) is 0. The van der Waals surface area contributed by atoms with E-state index in [0.717, 1.165) is 11.9 Å². The Morgan fingerprint density at radius 1 is 0.875 bits per heavy atom. The molecule has 1 aromatic heterocycles. The number of fused-ring (bicyclic) bond motifs is 2. The Morgan fingerprint density at radius 2 is 1.62 bits per heavy atom. The van der Waals surface area contributed by atoms with E-state index in [0.29, 0.717) is 69.6 Å². The third kappa shape index (κ3) is 4.01. The van der Waals surface area contributed by atoms with Crippen molar-refractivity contribution in [3.05, 3.63) is 53.0 Å². The predicted molar refractivity (Wildman–Crippen MR) is 118 cm³/mol. The van der Waals surface area contributed by atoms with Crippen LogP contribution in [0.4, 0.5) is 0 Å². The standard InChI is InChI=1S/C22H25N3O6S/c26-22-25(18-4-1-2-5-19(18)31-22)13-10-23-8-11-24(12-9-23)32(27,28)17-6-7-20-21(16-17)30-15-3-14-29-20/h1-2,4-7,16H,3,8-15H2. The van der Waals surface area contributed by atoms with E-state index in [1.54, 1.807) is 28.8 Å². The molecule has 170 valence electrons. The molecule has 2 aromatic carbocycles. The van der Waals surface area contributed by atoms with Crippen molar-refractivity contribution in [1.82, 2.24) is 13.8 Å². The van der Waals surface area contributed by atoms with Crippen molar-refractivity contribution >= 4 is 21.1 Å². The largest absolute Gasteiger partial charge is 0.490 e. The van der Waals surface area contributed by atoms with Crippen LogP contribution in [0, 0.1) is 0 Å². The Labute approximate surface area is 185 Å².